The van der Waals surface area contributed by atoms with E-state index < -0.39 is 5.97 Å². The van der Waals surface area contributed by atoms with Crippen LogP contribution in [0.15, 0.2) is 0 Å². The van der Waals surface area contributed by atoms with Crippen molar-refractivity contribution in [1.29, 1.82) is 0 Å². The van der Waals surface area contributed by atoms with Crippen LogP contribution in [-0.4, -0.2) is 58.2 Å². The summed E-state index contributed by atoms with van der Waals surface area (Å²) in [5, 5.41) is 7.41. The van der Waals surface area contributed by atoms with Crippen LogP contribution in [0.4, 0.5) is 0 Å². The molecule has 0 fully saturated rings. The van der Waals surface area contributed by atoms with Gasteiger partial charge in [-0.3, -0.25) is 4.89 Å². The van der Waals surface area contributed by atoms with Crippen LogP contribution in [-0.2, 0) is 9.68 Å². The number of carbonyl (C=O) groups is 1. The SMILES string of the molecule is NCC(=O)OO.[Al+3].[Mg+2]. The summed E-state index contributed by atoms with van der Waals surface area (Å²) in [4.78, 5) is 12.7. The third-order valence-corrected chi connectivity index (χ3v) is 0.268. The third kappa shape index (κ3) is 9.85. The van der Waals surface area contributed by atoms with Gasteiger partial charge >= 0.3 is 46.4 Å². The van der Waals surface area contributed by atoms with Crippen molar-refractivity contribution < 1.29 is 14.9 Å². The Bertz CT molecular complexity index is 55.2. The first-order chi connectivity index (χ1) is 2.81. The van der Waals surface area contributed by atoms with Gasteiger partial charge in [0.15, 0.2) is 0 Å². The molecule has 0 aromatic rings. The topological polar surface area (TPSA) is 72.6 Å². The zero-order valence-electron chi connectivity index (χ0n) is 4.33. The number of nitrogens with two attached hydrogens (primary N) is 1. The molecular formula is C2H5AlMgNO3+5. The van der Waals surface area contributed by atoms with Gasteiger partial charge in [0, 0.05) is 0 Å². The smallest absolute Gasteiger partial charge is 0.321 e. The van der Waals surface area contributed by atoms with Crippen LogP contribution >= 0.6 is 0 Å². The molecule has 0 aromatic heterocycles. The molecule has 0 spiro atoms. The third-order valence-electron chi connectivity index (χ3n) is 0.268. The first-order valence-electron chi connectivity index (χ1n) is 1.35. The van der Waals surface area contributed by atoms with E-state index in [4.69, 9.17) is 5.26 Å². The molecule has 0 amide bonds. The Kier molecular flexibility index (Phi) is 21.1. The summed E-state index contributed by atoms with van der Waals surface area (Å²) in [5.41, 5.74) is 4.65. The number of hydrogen-bond donors (Lipinski definition) is 2. The first-order valence-corrected chi connectivity index (χ1v) is 1.35. The van der Waals surface area contributed by atoms with E-state index in [-0.39, 0.29) is 47.0 Å². The van der Waals surface area contributed by atoms with Crippen molar-refractivity contribution in [2.24, 2.45) is 5.73 Å². The molecule has 6 heteroatoms. The van der Waals surface area contributed by atoms with Crippen molar-refractivity contribution >= 4 is 46.4 Å². The predicted octanol–water partition coefficient (Wildman–Crippen LogP) is -1.80. The van der Waals surface area contributed by atoms with Crippen LogP contribution in [0.3, 0.4) is 0 Å². The molecule has 0 saturated carbocycles. The molecule has 0 bridgehead atoms. The number of hydrogen-bond acceptors (Lipinski definition) is 4. The van der Waals surface area contributed by atoms with Gasteiger partial charge in [0.1, 0.15) is 0 Å². The summed E-state index contributed by atoms with van der Waals surface area (Å²) < 4.78 is 0. The van der Waals surface area contributed by atoms with Crippen LogP contribution in [0.2, 0.25) is 0 Å². The van der Waals surface area contributed by atoms with Gasteiger partial charge in [-0.25, -0.2) is 4.79 Å². The summed E-state index contributed by atoms with van der Waals surface area (Å²) in [6.45, 7) is -0.281. The summed E-state index contributed by atoms with van der Waals surface area (Å²) in [7, 11) is 0. The van der Waals surface area contributed by atoms with Crippen LogP contribution in [0, 0.1) is 0 Å². The molecule has 0 unspecified atom stereocenters. The minimum absolute atomic E-state index is 0. The van der Waals surface area contributed by atoms with Gasteiger partial charge in [-0.15, -0.1) is 0 Å². The van der Waals surface area contributed by atoms with Gasteiger partial charge in [0.05, 0.1) is 6.54 Å². The molecule has 3 N–H and O–H groups in total. The molecular weight excluding hydrogens is 137 g/mol. The number of rotatable bonds is 1. The zero-order chi connectivity index (χ0) is 4.99. The van der Waals surface area contributed by atoms with Gasteiger partial charge < -0.3 is 5.73 Å². The molecule has 36 valence electrons. The van der Waals surface area contributed by atoms with Gasteiger partial charge in [-0.1, -0.05) is 0 Å². The van der Waals surface area contributed by atoms with E-state index in [1.807, 2.05) is 0 Å². The Morgan fingerprint density at radius 1 is 1.75 bits per heavy atom. The van der Waals surface area contributed by atoms with Crippen molar-refractivity contribution in [3.63, 3.8) is 0 Å². The molecule has 0 heterocycles. The molecule has 0 rings (SSSR count). The fourth-order valence-electron chi connectivity index (χ4n) is 0.0373. The number of carbonyl (C=O) groups excluding carboxylic acids is 1. The second-order valence-electron chi connectivity index (χ2n) is 0.667. The largest absolute Gasteiger partial charge is 3.00 e. The Balaban J connectivity index is -0.000000125. The van der Waals surface area contributed by atoms with Crippen molar-refractivity contribution in [3.8, 4) is 0 Å². The minimum Gasteiger partial charge on any atom is -0.321 e. The van der Waals surface area contributed by atoms with Crippen LogP contribution in [0.1, 0.15) is 0 Å². The molecule has 0 atom stereocenters. The molecule has 4 nitrogen and oxygen atoms in total. The Morgan fingerprint density at radius 3 is 2.12 bits per heavy atom. The van der Waals surface area contributed by atoms with Gasteiger partial charge in [-0.05, 0) is 0 Å². The van der Waals surface area contributed by atoms with E-state index in [0.717, 1.165) is 0 Å². The van der Waals surface area contributed by atoms with E-state index in [0.29, 0.717) is 0 Å². The molecule has 8 heavy (non-hydrogen) atoms. The minimum atomic E-state index is -0.824. The van der Waals surface area contributed by atoms with Crippen LogP contribution in [0.25, 0.3) is 0 Å². The average Bonchev–Trinajstić information content (AvgIpc) is 1.65. The Labute approximate surface area is 73.6 Å². The Morgan fingerprint density at radius 2 is 2.12 bits per heavy atom. The van der Waals surface area contributed by atoms with Gasteiger partial charge in [0.2, 0.25) is 0 Å². The summed E-state index contributed by atoms with van der Waals surface area (Å²) in [5.74, 6) is -0.824. The average molecular weight is 142 g/mol. The maximum Gasteiger partial charge on any atom is 3.00 e. The van der Waals surface area contributed by atoms with E-state index >= 15 is 0 Å². The van der Waals surface area contributed by atoms with Crippen molar-refractivity contribution in [3.05, 3.63) is 0 Å². The zero-order valence-corrected chi connectivity index (χ0v) is 6.90. The maximum absolute atomic E-state index is 9.58. The predicted molar refractivity (Wildman–Crippen MR) is 29.3 cm³/mol. The fourth-order valence-corrected chi connectivity index (χ4v) is 0.0373. The van der Waals surface area contributed by atoms with E-state index in [9.17, 15) is 4.79 Å². The standard InChI is InChI=1S/C2H5NO3.Al.Mg/c3-1-2(4)6-5;;/h5H,1,3H2;;/q;+3;+2. The van der Waals surface area contributed by atoms with Crippen molar-refractivity contribution in [2.75, 3.05) is 6.54 Å². The Hall–Kier alpha value is 0.689. The quantitative estimate of drug-likeness (QED) is 0.257. The van der Waals surface area contributed by atoms with Crippen LogP contribution in [0.5, 0.6) is 0 Å². The molecule has 0 aliphatic heterocycles. The summed E-state index contributed by atoms with van der Waals surface area (Å²) >= 11 is 0. The monoisotopic (exact) mass is 142 g/mol. The molecule has 0 saturated heterocycles. The molecule has 0 aromatic carbocycles. The van der Waals surface area contributed by atoms with Gasteiger partial charge in [0.25, 0.3) is 0 Å². The second-order valence-corrected chi connectivity index (χ2v) is 0.667. The van der Waals surface area contributed by atoms with Crippen molar-refractivity contribution in [2.45, 2.75) is 0 Å². The van der Waals surface area contributed by atoms with E-state index in [1.54, 1.807) is 0 Å². The molecule has 0 radical (unpaired) electrons. The summed E-state index contributed by atoms with van der Waals surface area (Å²) in [6, 6.07) is 0. The van der Waals surface area contributed by atoms with Crippen LogP contribution < -0.4 is 5.73 Å². The maximum atomic E-state index is 9.58. The van der Waals surface area contributed by atoms with Gasteiger partial charge in [-0.2, -0.15) is 5.26 Å². The fraction of sp³-hybridized carbons (Fsp3) is 0.500. The van der Waals surface area contributed by atoms with Crippen molar-refractivity contribution in [1.82, 2.24) is 0 Å². The van der Waals surface area contributed by atoms with E-state index in [2.05, 4.69) is 10.6 Å². The second kappa shape index (κ2) is 10.6. The first kappa shape index (κ1) is 15.9. The van der Waals surface area contributed by atoms with E-state index in [1.165, 1.54) is 0 Å². The normalized spacial score (nSPS) is 5.75. The molecule has 0 aliphatic carbocycles. The molecule has 0 aliphatic rings. The summed E-state index contributed by atoms with van der Waals surface area (Å²) in [6.07, 6.45) is 0.